The molecular formula is C21H30ClFN6. The van der Waals surface area contributed by atoms with E-state index in [1.165, 1.54) is 6.07 Å². The van der Waals surface area contributed by atoms with E-state index < -0.39 is 5.82 Å². The van der Waals surface area contributed by atoms with Gasteiger partial charge in [0.05, 0.1) is 24.6 Å². The summed E-state index contributed by atoms with van der Waals surface area (Å²) < 4.78 is 16.1. The first-order valence-corrected chi connectivity index (χ1v) is 9.97. The molecule has 1 aromatic carbocycles. The lowest BCUT2D eigenvalue weighted by molar-refractivity contribution is 0.412. The molecule has 3 N–H and O–H groups in total. The summed E-state index contributed by atoms with van der Waals surface area (Å²) >= 11 is 5.86. The van der Waals surface area contributed by atoms with E-state index in [2.05, 4.69) is 42.8 Å². The van der Waals surface area contributed by atoms with Crippen LogP contribution < -0.4 is 16.0 Å². The van der Waals surface area contributed by atoms with Crippen LogP contribution in [0.4, 0.5) is 10.2 Å². The molecule has 0 saturated carbocycles. The second kappa shape index (κ2) is 9.89. The Labute approximate surface area is 177 Å². The Morgan fingerprint density at radius 2 is 2.17 bits per heavy atom. The minimum absolute atomic E-state index is 0.110. The molecule has 0 spiro atoms. The third-order valence-corrected chi connectivity index (χ3v) is 4.74. The van der Waals surface area contributed by atoms with Crippen LogP contribution in [0.2, 0.25) is 5.02 Å². The van der Waals surface area contributed by atoms with Crippen molar-refractivity contribution < 1.29 is 4.39 Å². The first-order chi connectivity index (χ1) is 13.7. The van der Waals surface area contributed by atoms with E-state index in [0.29, 0.717) is 41.6 Å². The van der Waals surface area contributed by atoms with Gasteiger partial charge in [0.2, 0.25) is 0 Å². The number of aliphatic imine (C=N–C) groups is 1. The smallest absolute Gasteiger partial charge is 0.134 e. The van der Waals surface area contributed by atoms with Gasteiger partial charge in [-0.1, -0.05) is 25.1 Å². The van der Waals surface area contributed by atoms with Crippen molar-refractivity contribution in [2.45, 2.75) is 39.3 Å². The van der Waals surface area contributed by atoms with Crippen LogP contribution in [0.15, 0.2) is 42.0 Å². The van der Waals surface area contributed by atoms with E-state index in [1.807, 2.05) is 18.0 Å². The number of amidine groups is 1. The Morgan fingerprint density at radius 3 is 2.79 bits per heavy atom. The molecule has 0 radical (unpaired) electrons. The maximum atomic E-state index is 14.3. The minimum Gasteiger partial charge on any atom is -0.387 e. The molecule has 0 atom stereocenters. The summed E-state index contributed by atoms with van der Waals surface area (Å²) in [7, 11) is 1.86. The number of rotatable bonds is 10. The van der Waals surface area contributed by atoms with E-state index in [1.54, 1.807) is 23.0 Å². The molecule has 1 heterocycles. The molecule has 0 aliphatic heterocycles. The van der Waals surface area contributed by atoms with Crippen LogP contribution in [-0.4, -0.2) is 41.3 Å². The van der Waals surface area contributed by atoms with Gasteiger partial charge in [0.25, 0.3) is 0 Å². The molecular weight excluding hydrogens is 391 g/mol. The zero-order chi connectivity index (χ0) is 21.6. The zero-order valence-electron chi connectivity index (χ0n) is 17.5. The Morgan fingerprint density at radius 1 is 1.45 bits per heavy atom. The van der Waals surface area contributed by atoms with Gasteiger partial charge in [0.1, 0.15) is 11.6 Å². The largest absolute Gasteiger partial charge is 0.387 e. The summed E-state index contributed by atoms with van der Waals surface area (Å²) in [6.45, 7) is 11.9. The van der Waals surface area contributed by atoms with Crippen LogP contribution in [0.3, 0.4) is 0 Å². The molecule has 2 rings (SSSR count). The Hall–Kier alpha value is -2.38. The number of halogens is 2. The van der Waals surface area contributed by atoms with Crippen LogP contribution in [-0.2, 0) is 6.54 Å². The fraction of sp³-hybridized carbons (Fsp3) is 0.429. The third-order valence-electron chi connectivity index (χ3n) is 4.51. The molecule has 2 aromatic rings. The molecule has 158 valence electrons. The Kier molecular flexibility index (Phi) is 7.81. The number of hydrogen-bond donors (Lipinski definition) is 2. The molecule has 0 fully saturated rings. The number of benzene rings is 1. The summed E-state index contributed by atoms with van der Waals surface area (Å²) in [6, 6.07) is 6.37. The molecule has 6 nitrogen and oxygen atoms in total. The van der Waals surface area contributed by atoms with Crippen molar-refractivity contribution in [1.29, 1.82) is 0 Å². The highest BCUT2D eigenvalue weighted by Crippen LogP contribution is 2.28. The molecule has 0 amide bonds. The summed E-state index contributed by atoms with van der Waals surface area (Å²) in [5, 5.41) is 8.29. The van der Waals surface area contributed by atoms with Crippen LogP contribution in [0.25, 0.3) is 11.3 Å². The van der Waals surface area contributed by atoms with Crippen molar-refractivity contribution in [3.8, 4) is 11.3 Å². The topological polar surface area (TPSA) is 71.5 Å². The van der Waals surface area contributed by atoms with Crippen LogP contribution in [0.1, 0.15) is 27.2 Å². The number of aromatic nitrogens is 2. The van der Waals surface area contributed by atoms with Crippen molar-refractivity contribution in [2.24, 2.45) is 10.7 Å². The average molecular weight is 421 g/mol. The second-order valence-corrected chi connectivity index (χ2v) is 7.93. The van der Waals surface area contributed by atoms with E-state index >= 15 is 0 Å². The van der Waals surface area contributed by atoms with E-state index in [0.717, 1.165) is 12.4 Å². The van der Waals surface area contributed by atoms with Gasteiger partial charge in [0, 0.05) is 35.7 Å². The number of nitrogens with one attached hydrogen (secondary N) is 1. The number of anilines is 1. The van der Waals surface area contributed by atoms with Gasteiger partial charge in [-0.15, -0.1) is 0 Å². The van der Waals surface area contributed by atoms with Gasteiger partial charge < -0.3 is 16.0 Å². The molecule has 1 aromatic heterocycles. The van der Waals surface area contributed by atoms with Crippen molar-refractivity contribution in [1.82, 2.24) is 15.1 Å². The molecule has 29 heavy (non-hydrogen) atoms. The van der Waals surface area contributed by atoms with E-state index in [9.17, 15) is 4.39 Å². The lowest BCUT2D eigenvalue weighted by Crippen LogP contribution is -2.42. The molecule has 0 aliphatic carbocycles. The maximum absolute atomic E-state index is 14.3. The Balaban J connectivity index is 2.20. The zero-order valence-corrected chi connectivity index (χ0v) is 18.3. The monoisotopic (exact) mass is 420 g/mol. The van der Waals surface area contributed by atoms with Gasteiger partial charge in [-0.2, -0.15) is 5.10 Å². The average Bonchev–Trinajstić information content (AvgIpc) is 3.04. The van der Waals surface area contributed by atoms with Gasteiger partial charge in [0.15, 0.2) is 0 Å². The predicted molar refractivity (Wildman–Crippen MR) is 120 cm³/mol. The van der Waals surface area contributed by atoms with Gasteiger partial charge in [-0.25, -0.2) is 9.07 Å². The van der Waals surface area contributed by atoms with E-state index in [4.69, 9.17) is 17.3 Å². The van der Waals surface area contributed by atoms with Crippen molar-refractivity contribution in [3.05, 3.63) is 47.9 Å². The summed E-state index contributed by atoms with van der Waals surface area (Å²) in [4.78, 5) is 6.31. The fourth-order valence-electron chi connectivity index (χ4n) is 3.12. The summed E-state index contributed by atoms with van der Waals surface area (Å²) in [5.74, 6) is 0.958. The molecule has 0 aliphatic rings. The Bertz CT molecular complexity index is 874. The lowest BCUT2D eigenvalue weighted by Gasteiger charge is -2.25. The summed E-state index contributed by atoms with van der Waals surface area (Å²) in [6.07, 6.45) is 2.33. The van der Waals surface area contributed by atoms with Crippen molar-refractivity contribution >= 4 is 23.3 Å². The third kappa shape index (κ3) is 6.30. The maximum Gasteiger partial charge on any atom is 0.134 e. The quantitative estimate of drug-likeness (QED) is 0.449. The SMILES string of the molecule is C=CN(C)c1cc(-c2ccc(Cl)cc2F)nn1CCN=C(N)CC(C)(C)NCC. The van der Waals surface area contributed by atoms with Gasteiger partial charge >= 0.3 is 0 Å². The molecule has 0 bridgehead atoms. The lowest BCUT2D eigenvalue weighted by atomic mass is 10.0. The standard InChI is InChI=1S/C21H30ClFN6/c1-6-26-21(3,4)14-19(24)25-10-11-29-20(28(5)7-2)13-18(27-29)16-9-8-15(22)12-17(16)23/h7-9,12-13,26H,2,6,10-11,14H2,1,3-5H3,(H2,24,25). The normalized spacial score (nSPS) is 12.3. The predicted octanol–water partition coefficient (Wildman–Crippen LogP) is 4.06. The number of hydrogen-bond acceptors (Lipinski definition) is 4. The van der Waals surface area contributed by atoms with E-state index in [-0.39, 0.29) is 5.54 Å². The highest BCUT2D eigenvalue weighted by atomic mass is 35.5. The fourth-order valence-corrected chi connectivity index (χ4v) is 3.27. The molecule has 8 heteroatoms. The highest BCUT2D eigenvalue weighted by Gasteiger charge is 2.18. The van der Waals surface area contributed by atoms with Gasteiger partial charge in [-0.05, 0) is 44.8 Å². The van der Waals surface area contributed by atoms with Crippen molar-refractivity contribution in [2.75, 3.05) is 25.0 Å². The van der Waals surface area contributed by atoms with Crippen LogP contribution >= 0.6 is 11.6 Å². The first kappa shape index (κ1) is 22.9. The molecule has 0 unspecified atom stereocenters. The highest BCUT2D eigenvalue weighted by molar-refractivity contribution is 6.30. The van der Waals surface area contributed by atoms with Crippen LogP contribution in [0, 0.1) is 5.82 Å². The van der Waals surface area contributed by atoms with Gasteiger partial charge in [-0.3, -0.25) is 4.99 Å². The second-order valence-electron chi connectivity index (χ2n) is 7.49. The van der Waals surface area contributed by atoms with Crippen molar-refractivity contribution in [3.63, 3.8) is 0 Å². The number of nitrogens with two attached hydrogens (primary N) is 1. The van der Waals surface area contributed by atoms with Crippen LogP contribution in [0.5, 0.6) is 0 Å². The first-order valence-electron chi connectivity index (χ1n) is 9.59. The summed E-state index contributed by atoms with van der Waals surface area (Å²) in [5.41, 5.74) is 6.90. The minimum atomic E-state index is -0.414. The number of nitrogens with zero attached hydrogens (tertiary/aromatic N) is 4. The molecule has 0 saturated heterocycles.